The zero-order valence-corrected chi connectivity index (χ0v) is 15.9. The van der Waals surface area contributed by atoms with E-state index in [9.17, 15) is 4.79 Å². The van der Waals surface area contributed by atoms with Gasteiger partial charge >= 0.3 is 0 Å². The van der Waals surface area contributed by atoms with Gasteiger partial charge in [0, 0.05) is 37.6 Å². The number of para-hydroxylation sites is 2. The molecule has 0 unspecified atom stereocenters. The molecular formula is C21H25ClN2O2. The fourth-order valence-corrected chi connectivity index (χ4v) is 3.51. The summed E-state index contributed by atoms with van der Waals surface area (Å²) in [6, 6.07) is 15.8. The van der Waals surface area contributed by atoms with Crippen LogP contribution in [0.1, 0.15) is 18.9 Å². The van der Waals surface area contributed by atoms with Crippen LogP contribution < -0.4 is 9.64 Å². The van der Waals surface area contributed by atoms with Crippen molar-refractivity contribution in [3.05, 3.63) is 59.1 Å². The number of hydrogen-bond donors (Lipinski definition) is 0. The Morgan fingerprint density at radius 2 is 1.85 bits per heavy atom. The molecule has 0 aromatic heterocycles. The maximum atomic E-state index is 12.5. The van der Waals surface area contributed by atoms with Crippen LogP contribution in [0, 0.1) is 0 Å². The highest BCUT2D eigenvalue weighted by Gasteiger charge is 2.22. The first-order valence-electron chi connectivity index (χ1n) is 9.16. The van der Waals surface area contributed by atoms with Gasteiger partial charge in [-0.3, -0.25) is 4.79 Å². The van der Waals surface area contributed by atoms with Crippen LogP contribution in [0.4, 0.5) is 5.69 Å². The number of amides is 1. The second-order valence-electron chi connectivity index (χ2n) is 6.40. The summed E-state index contributed by atoms with van der Waals surface area (Å²) in [5.74, 6) is 1.12. The number of halogens is 1. The van der Waals surface area contributed by atoms with Crippen molar-refractivity contribution in [1.82, 2.24) is 4.90 Å². The molecule has 2 aromatic carbocycles. The molecule has 0 radical (unpaired) electrons. The molecule has 1 aliphatic heterocycles. The van der Waals surface area contributed by atoms with E-state index < -0.39 is 0 Å². The number of benzene rings is 2. The number of rotatable bonds is 6. The van der Waals surface area contributed by atoms with Gasteiger partial charge in [0.25, 0.3) is 0 Å². The summed E-state index contributed by atoms with van der Waals surface area (Å²) in [7, 11) is 0. The van der Waals surface area contributed by atoms with Gasteiger partial charge in [-0.05, 0) is 43.2 Å². The van der Waals surface area contributed by atoms with Crippen LogP contribution in [-0.4, -0.2) is 43.6 Å². The molecule has 26 heavy (non-hydrogen) atoms. The van der Waals surface area contributed by atoms with Crippen LogP contribution in [0.15, 0.2) is 48.5 Å². The van der Waals surface area contributed by atoms with Crippen molar-refractivity contribution in [3.8, 4) is 5.75 Å². The number of piperazine rings is 1. The molecule has 1 amide bonds. The molecular weight excluding hydrogens is 348 g/mol. The molecule has 0 N–H and O–H groups in total. The lowest BCUT2D eigenvalue weighted by molar-refractivity contribution is -0.131. The number of aryl methyl sites for hydroxylation is 1. The van der Waals surface area contributed by atoms with E-state index in [1.165, 1.54) is 0 Å². The van der Waals surface area contributed by atoms with Gasteiger partial charge in [0.15, 0.2) is 0 Å². The number of ether oxygens (including phenoxy) is 1. The van der Waals surface area contributed by atoms with Gasteiger partial charge < -0.3 is 14.5 Å². The van der Waals surface area contributed by atoms with E-state index in [4.69, 9.17) is 16.3 Å². The number of carbonyl (C=O) groups is 1. The van der Waals surface area contributed by atoms with Gasteiger partial charge in [-0.1, -0.05) is 35.9 Å². The first-order valence-corrected chi connectivity index (χ1v) is 9.54. The maximum absolute atomic E-state index is 12.5. The fraction of sp³-hybridized carbons (Fsp3) is 0.381. The highest BCUT2D eigenvalue weighted by molar-refractivity contribution is 6.30. The van der Waals surface area contributed by atoms with Crippen LogP contribution in [0.5, 0.6) is 5.75 Å². The fourth-order valence-electron chi connectivity index (χ4n) is 3.29. The van der Waals surface area contributed by atoms with Crippen molar-refractivity contribution in [1.29, 1.82) is 0 Å². The third-order valence-corrected chi connectivity index (χ3v) is 4.89. The topological polar surface area (TPSA) is 32.8 Å². The van der Waals surface area contributed by atoms with Crippen molar-refractivity contribution in [3.63, 3.8) is 0 Å². The van der Waals surface area contributed by atoms with Gasteiger partial charge in [-0.2, -0.15) is 0 Å². The van der Waals surface area contributed by atoms with Crippen molar-refractivity contribution in [2.45, 2.75) is 19.8 Å². The Balaban J connectivity index is 1.52. The average molecular weight is 373 g/mol. The van der Waals surface area contributed by atoms with E-state index in [1.807, 2.05) is 54.3 Å². The molecule has 0 saturated carbocycles. The maximum Gasteiger partial charge on any atom is 0.223 e. The smallest absolute Gasteiger partial charge is 0.223 e. The molecule has 0 spiro atoms. The van der Waals surface area contributed by atoms with E-state index in [2.05, 4.69) is 11.0 Å². The average Bonchev–Trinajstić information content (AvgIpc) is 2.67. The zero-order valence-electron chi connectivity index (χ0n) is 15.2. The Kier molecular flexibility index (Phi) is 6.40. The summed E-state index contributed by atoms with van der Waals surface area (Å²) in [5.41, 5.74) is 2.22. The second kappa shape index (κ2) is 8.95. The SMILES string of the molecule is CCOc1ccccc1N1CCN(C(=O)CCc2cccc(Cl)c2)CC1. The van der Waals surface area contributed by atoms with Crippen LogP contribution in [-0.2, 0) is 11.2 Å². The second-order valence-corrected chi connectivity index (χ2v) is 6.83. The highest BCUT2D eigenvalue weighted by Crippen LogP contribution is 2.28. The summed E-state index contributed by atoms with van der Waals surface area (Å²) in [6.07, 6.45) is 1.25. The Labute approximate surface area is 160 Å². The molecule has 4 nitrogen and oxygen atoms in total. The third-order valence-electron chi connectivity index (χ3n) is 4.65. The molecule has 0 aliphatic carbocycles. The lowest BCUT2D eigenvalue weighted by atomic mass is 10.1. The molecule has 5 heteroatoms. The predicted molar refractivity (Wildman–Crippen MR) is 106 cm³/mol. The lowest BCUT2D eigenvalue weighted by Gasteiger charge is -2.36. The van der Waals surface area contributed by atoms with Gasteiger partial charge in [0.05, 0.1) is 12.3 Å². The highest BCUT2D eigenvalue weighted by atomic mass is 35.5. The van der Waals surface area contributed by atoms with E-state index in [0.29, 0.717) is 13.0 Å². The number of nitrogens with zero attached hydrogens (tertiary/aromatic N) is 2. The molecule has 1 heterocycles. The normalized spacial score (nSPS) is 14.4. The predicted octanol–water partition coefficient (Wildman–Crippen LogP) is 4.02. The van der Waals surface area contributed by atoms with E-state index in [-0.39, 0.29) is 5.91 Å². The minimum Gasteiger partial charge on any atom is -0.492 e. The third kappa shape index (κ3) is 4.70. The van der Waals surface area contributed by atoms with Crippen LogP contribution >= 0.6 is 11.6 Å². The van der Waals surface area contributed by atoms with E-state index in [0.717, 1.165) is 54.6 Å². The first kappa shape index (κ1) is 18.6. The zero-order chi connectivity index (χ0) is 18.4. The van der Waals surface area contributed by atoms with Crippen molar-refractivity contribution < 1.29 is 9.53 Å². The Bertz CT molecular complexity index is 742. The van der Waals surface area contributed by atoms with Gasteiger partial charge in [0.2, 0.25) is 5.91 Å². The molecule has 1 saturated heterocycles. The monoisotopic (exact) mass is 372 g/mol. The van der Waals surface area contributed by atoms with Crippen molar-refractivity contribution in [2.24, 2.45) is 0 Å². The van der Waals surface area contributed by atoms with E-state index in [1.54, 1.807) is 0 Å². The van der Waals surface area contributed by atoms with Gasteiger partial charge in [-0.15, -0.1) is 0 Å². The molecule has 1 fully saturated rings. The van der Waals surface area contributed by atoms with Crippen molar-refractivity contribution >= 4 is 23.2 Å². The standard InChI is InChI=1S/C21H25ClN2O2/c1-2-26-20-9-4-3-8-19(20)23-12-14-24(15-13-23)21(25)11-10-17-6-5-7-18(22)16-17/h3-9,16H,2,10-15H2,1H3. The van der Waals surface area contributed by atoms with Gasteiger partial charge in [0.1, 0.15) is 5.75 Å². The van der Waals surface area contributed by atoms with Gasteiger partial charge in [-0.25, -0.2) is 0 Å². The number of anilines is 1. The van der Waals surface area contributed by atoms with E-state index >= 15 is 0 Å². The summed E-state index contributed by atoms with van der Waals surface area (Å²) in [6.45, 7) is 5.79. The molecule has 3 rings (SSSR count). The molecule has 0 atom stereocenters. The largest absolute Gasteiger partial charge is 0.492 e. The summed E-state index contributed by atoms with van der Waals surface area (Å²) in [4.78, 5) is 16.8. The first-order chi connectivity index (χ1) is 12.7. The lowest BCUT2D eigenvalue weighted by Crippen LogP contribution is -2.49. The Morgan fingerprint density at radius 1 is 1.08 bits per heavy atom. The Hall–Kier alpha value is -2.20. The van der Waals surface area contributed by atoms with Crippen LogP contribution in [0.2, 0.25) is 5.02 Å². The summed E-state index contributed by atoms with van der Waals surface area (Å²) in [5, 5.41) is 0.719. The molecule has 2 aromatic rings. The molecule has 0 bridgehead atoms. The minimum atomic E-state index is 0.211. The number of hydrogen-bond acceptors (Lipinski definition) is 3. The quantitative estimate of drug-likeness (QED) is 0.767. The van der Waals surface area contributed by atoms with Crippen LogP contribution in [0.25, 0.3) is 0 Å². The summed E-state index contributed by atoms with van der Waals surface area (Å²) < 4.78 is 5.73. The minimum absolute atomic E-state index is 0.211. The van der Waals surface area contributed by atoms with Crippen LogP contribution in [0.3, 0.4) is 0 Å². The molecule has 1 aliphatic rings. The molecule has 138 valence electrons. The summed E-state index contributed by atoms with van der Waals surface area (Å²) >= 11 is 6.01. The Morgan fingerprint density at radius 3 is 2.58 bits per heavy atom. The number of carbonyl (C=O) groups excluding carboxylic acids is 1. The van der Waals surface area contributed by atoms with Crippen molar-refractivity contribution in [2.75, 3.05) is 37.7 Å².